The van der Waals surface area contributed by atoms with E-state index >= 15 is 0 Å². The summed E-state index contributed by atoms with van der Waals surface area (Å²) in [6.45, 7) is 5.31. The van der Waals surface area contributed by atoms with Gasteiger partial charge in [0.1, 0.15) is 5.75 Å². The van der Waals surface area contributed by atoms with Gasteiger partial charge < -0.3 is 19.1 Å². The first-order chi connectivity index (χ1) is 23.3. The lowest BCUT2D eigenvalue weighted by molar-refractivity contribution is -0.284. The van der Waals surface area contributed by atoms with Crippen LogP contribution in [0.4, 0.5) is 26.7 Å². The van der Waals surface area contributed by atoms with Gasteiger partial charge in [-0.15, -0.1) is 0 Å². The number of hydrogen-bond acceptors (Lipinski definition) is 5. The summed E-state index contributed by atoms with van der Waals surface area (Å²) >= 11 is 0. The molecule has 4 fully saturated rings. The fraction of sp³-hybridized carbons (Fsp3) is 0.811. The molecular formula is C37H52F5NO5S. The van der Waals surface area contributed by atoms with Gasteiger partial charge in [-0.05, 0) is 135 Å². The summed E-state index contributed by atoms with van der Waals surface area (Å²) in [5, 5.41) is 0. The Hall–Kier alpha value is -1.79. The van der Waals surface area contributed by atoms with Crippen LogP contribution in [-0.4, -0.2) is 78.3 Å². The number of methoxy groups -OCH3 is 1. The first-order valence-corrected chi connectivity index (χ1v) is 19.7. The third-order valence-corrected chi connectivity index (χ3v) is 14.6. The van der Waals surface area contributed by atoms with E-state index in [0.29, 0.717) is 43.0 Å². The molecule has 1 spiro atoms. The van der Waals surface area contributed by atoms with Gasteiger partial charge in [0, 0.05) is 62.1 Å². The van der Waals surface area contributed by atoms with Crippen LogP contribution in [0.15, 0.2) is 18.2 Å². The average Bonchev–Trinajstić information content (AvgIpc) is 3.40. The number of rotatable bonds is 10. The quantitative estimate of drug-likeness (QED) is 0.227. The van der Waals surface area contributed by atoms with Crippen molar-refractivity contribution in [2.45, 2.75) is 115 Å². The molecule has 2 saturated carbocycles. The van der Waals surface area contributed by atoms with Gasteiger partial charge in [0.15, 0.2) is 0 Å². The minimum Gasteiger partial charge on any atom is -0.410 e. The molecule has 0 aromatic heterocycles. The summed E-state index contributed by atoms with van der Waals surface area (Å²) in [5.74, 6) is -2.58. The Labute approximate surface area is 289 Å². The van der Waals surface area contributed by atoms with Crippen molar-refractivity contribution in [1.29, 1.82) is 0 Å². The molecule has 2 saturated heterocycles. The van der Waals surface area contributed by atoms with Crippen LogP contribution in [-0.2, 0) is 26.7 Å². The topological polar surface area (TPSA) is 65.1 Å². The van der Waals surface area contributed by atoms with Gasteiger partial charge in [-0.3, -0.25) is 4.21 Å². The molecule has 12 heteroatoms. The van der Waals surface area contributed by atoms with Gasteiger partial charge >= 0.3 is 18.2 Å². The molecule has 6 nitrogen and oxygen atoms in total. The molecular weight excluding hydrogens is 665 g/mol. The van der Waals surface area contributed by atoms with E-state index in [9.17, 15) is 31.0 Å². The molecule has 0 bridgehead atoms. The minimum atomic E-state index is -5.58. The van der Waals surface area contributed by atoms with Crippen molar-refractivity contribution in [2.75, 3.05) is 44.9 Å². The Morgan fingerprint density at radius 1 is 1.00 bits per heavy atom. The normalized spacial score (nSPS) is 31.9. The summed E-state index contributed by atoms with van der Waals surface area (Å²) in [6, 6.07) is 6.11. The van der Waals surface area contributed by atoms with Crippen molar-refractivity contribution in [2.24, 2.45) is 28.6 Å². The van der Waals surface area contributed by atoms with Crippen LogP contribution in [0.2, 0.25) is 0 Å². The fourth-order valence-electron chi connectivity index (χ4n) is 10.3. The lowest BCUT2D eigenvalue weighted by Crippen LogP contribution is -2.47. The molecule has 2 heterocycles. The number of carbonyl (C=O) groups is 1. The number of ether oxygens (including phenoxy) is 3. The van der Waals surface area contributed by atoms with E-state index in [1.54, 1.807) is 7.11 Å². The van der Waals surface area contributed by atoms with Crippen molar-refractivity contribution in [3.05, 3.63) is 29.3 Å². The van der Waals surface area contributed by atoms with Gasteiger partial charge in [-0.1, -0.05) is 13.0 Å². The van der Waals surface area contributed by atoms with Gasteiger partial charge in [0.2, 0.25) is 0 Å². The fourth-order valence-corrected chi connectivity index (χ4v) is 11.4. The highest BCUT2D eigenvalue weighted by Crippen LogP contribution is 2.63. The third-order valence-electron chi connectivity index (χ3n) is 13.1. The Kier molecular flexibility index (Phi) is 11.1. The molecule has 2 aliphatic heterocycles. The summed E-state index contributed by atoms with van der Waals surface area (Å²) in [7, 11) is 0.332. The zero-order chi connectivity index (χ0) is 35.0. The number of alkyl halides is 5. The molecule has 1 unspecified atom stereocenters. The third kappa shape index (κ3) is 7.71. The molecule has 5 aliphatic rings. The maximum atomic E-state index is 13.3. The van der Waals surface area contributed by atoms with Crippen molar-refractivity contribution in [3.8, 4) is 5.75 Å². The van der Waals surface area contributed by atoms with Crippen LogP contribution in [0.1, 0.15) is 101 Å². The van der Waals surface area contributed by atoms with E-state index in [2.05, 4.69) is 13.0 Å². The monoisotopic (exact) mass is 717 g/mol. The average molecular weight is 718 g/mol. The number of nitrogens with zero attached hydrogens (tertiary/aromatic N) is 1. The molecule has 6 rings (SSSR count). The first-order valence-electron chi connectivity index (χ1n) is 18.2. The number of benzene rings is 1. The van der Waals surface area contributed by atoms with E-state index < -0.39 is 35.7 Å². The maximum absolute atomic E-state index is 13.3. The second-order valence-corrected chi connectivity index (χ2v) is 17.4. The summed E-state index contributed by atoms with van der Waals surface area (Å²) in [5.41, 5.74) is 2.85. The SMILES string of the molecule is CO[C@H]1CC[C@H]2[C@@H]3[C@H](CCCS(=O)CCCC(F)(F)C(F)(F)F)Cc4cc(OC(=O)N5CCC6(CCOCC6)CC5)ccc4[C@H]3CC[C@]12C. The molecule has 7 atom stereocenters. The Balaban J connectivity index is 1.11. The lowest BCUT2D eigenvalue weighted by Gasteiger charge is -2.53. The number of piperidine rings is 1. The van der Waals surface area contributed by atoms with Gasteiger partial charge in [0.25, 0.3) is 0 Å². The van der Waals surface area contributed by atoms with E-state index in [0.717, 1.165) is 77.4 Å². The van der Waals surface area contributed by atoms with E-state index in [1.807, 2.05) is 17.0 Å². The highest BCUT2D eigenvalue weighted by atomic mass is 32.2. The summed E-state index contributed by atoms with van der Waals surface area (Å²) in [4.78, 5) is 15.1. The lowest BCUT2D eigenvalue weighted by atomic mass is 9.52. The smallest absolute Gasteiger partial charge is 0.410 e. The van der Waals surface area contributed by atoms with Crippen molar-refractivity contribution in [1.82, 2.24) is 4.90 Å². The van der Waals surface area contributed by atoms with Crippen molar-refractivity contribution >= 4 is 16.9 Å². The highest BCUT2D eigenvalue weighted by Gasteiger charge is 2.58. The molecule has 1 aromatic rings. The molecule has 0 radical (unpaired) electrons. The number of halogens is 5. The largest absolute Gasteiger partial charge is 0.453 e. The Bertz CT molecular complexity index is 1340. The van der Waals surface area contributed by atoms with Crippen LogP contribution < -0.4 is 4.74 Å². The molecule has 1 aromatic carbocycles. The Morgan fingerprint density at radius 3 is 2.41 bits per heavy atom. The number of fused-ring (bicyclic) bond motifs is 5. The second kappa shape index (κ2) is 14.7. The second-order valence-electron chi connectivity index (χ2n) is 15.7. The molecule has 49 heavy (non-hydrogen) atoms. The number of carbonyl (C=O) groups excluding carboxylic acids is 1. The predicted molar refractivity (Wildman–Crippen MR) is 177 cm³/mol. The molecule has 0 N–H and O–H groups in total. The molecule has 276 valence electrons. The highest BCUT2D eigenvalue weighted by molar-refractivity contribution is 7.84. The zero-order valence-electron chi connectivity index (χ0n) is 28.8. The van der Waals surface area contributed by atoms with E-state index in [1.165, 1.54) is 11.1 Å². The van der Waals surface area contributed by atoms with E-state index in [-0.39, 0.29) is 40.5 Å². The van der Waals surface area contributed by atoms with Crippen molar-refractivity contribution < 1.29 is 45.2 Å². The van der Waals surface area contributed by atoms with Gasteiger partial charge in [0.05, 0.1) is 6.10 Å². The zero-order valence-corrected chi connectivity index (χ0v) is 29.7. The van der Waals surface area contributed by atoms with E-state index in [4.69, 9.17) is 14.2 Å². The summed E-state index contributed by atoms with van der Waals surface area (Å²) < 4.78 is 94.5. The van der Waals surface area contributed by atoms with Crippen LogP contribution in [0.25, 0.3) is 0 Å². The first kappa shape index (κ1) is 37.0. The van der Waals surface area contributed by atoms with Gasteiger partial charge in [-0.25, -0.2) is 4.79 Å². The van der Waals surface area contributed by atoms with Crippen LogP contribution in [0.5, 0.6) is 5.75 Å². The maximum Gasteiger partial charge on any atom is 0.453 e. The van der Waals surface area contributed by atoms with Crippen LogP contribution >= 0.6 is 0 Å². The predicted octanol–water partition coefficient (Wildman–Crippen LogP) is 8.68. The summed E-state index contributed by atoms with van der Waals surface area (Å²) in [6.07, 6.45) is 2.97. The minimum absolute atomic E-state index is 0.0747. The van der Waals surface area contributed by atoms with Gasteiger partial charge in [-0.2, -0.15) is 22.0 Å². The number of likely N-dealkylation sites (tertiary alicyclic amines) is 1. The standard InChI is InChI=1S/C37H52F5NO5S/c1-34-12-10-29-28-7-6-27(48-33(44)43-17-13-35(14-18-43)15-19-47-20-16-35)24-26(28)23-25(32(29)30(34)8-9-31(34)46-2)5-3-21-49(45)22-4-11-36(38,39)37(40,41)42/h6-7,24-25,29-32H,3-5,8-23H2,1-2H3/t25-,29-,30+,31+,32-,34+,49?/m1/s1. The van der Waals surface area contributed by atoms with Crippen LogP contribution in [0.3, 0.4) is 0 Å². The molecule has 1 amide bonds. The number of amides is 1. The molecule has 3 aliphatic carbocycles. The van der Waals surface area contributed by atoms with Crippen molar-refractivity contribution in [3.63, 3.8) is 0 Å². The Morgan fingerprint density at radius 2 is 1.71 bits per heavy atom. The number of hydrogen-bond donors (Lipinski definition) is 0. The van der Waals surface area contributed by atoms with Crippen LogP contribution in [0, 0.1) is 28.6 Å².